The van der Waals surface area contributed by atoms with E-state index in [-0.39, 0.29) is 11.8 Å². The average Bonchev–Trinajstić information content (AvgIpc) is 3.06. The molecule has 2 aliphatic rings. The van der Waals surface area contributed by atoms with Crippen molar-refractivity contribution in [1.29, 1.82) is 0 Å². The molecule has 3 rings (SSSR count). The molecule has 1 aromatic carbocycles. The van der Waals surface area contributed by atoms with Gasteiger partial charge in [-0.2, -0.15) is 0 Å². The van der Waals surface area contributed by atoms with Gasteiger partial charge in [0.15, 0.2) is 0 Å². The van der Waals surface area contributed by atoms with Gasteiger partial charge in [0.25, 0.3) is 0 Å². The number of amides is 1. The zero-order valence-electron chi connectivity index (χ0n) is 11.2. The highest BCUT2D eigenvalue weighted by Gasteiger charge is 2.48. The fourth-order valence-electron chi connectivity index (χ4n) is 3.02. The van der Waals surface area contributed by atoms with Crippen LogP contribution in [0.1, 0.15) is 24.8 Å². The van der Waals surface area contributed by atoms with Crippen LogP contribution in [0.25, 0.3) is 0 Å². The molecular formula is C16H17ClN2O. The molecule has 0 radical (unpaired) electrons. The maximum Gasteiger partial charge on any atom is 0.227 e. The molecule has 2 unspecified atom stereocenters. The second kappa shape index (κ2) is 5.47. The Bertz CT molecular complexity index is 592. The first kappa shape index (κ1) is 13.5. The molecule has 2 aliphatic carbocycles. The van der Waals surface area contributed by atoms with Crippen molar-refractivity contribution in [2.75, 3.05) is 11.9 Å². The van der Waals surface area contributed by atoms with Crippen LogP contribution in [0, 0.1) is 29.6 Å². The molecule has 0 aliphatic heterocycles. The fourth-order valence-corrected chi connectivity index (χ4v) is 3.18. The summed E-state index contributed by atoms with van der Waals surface area (Å²) in [5, 5.41) is 3.48. The standard InChI is InChI=1S/C16H17ClN2O/c17-14-4-3-10(2-1-5-18)6-15(14)19-16(20)13-8-11-7-12(11)9-13/h3-4,6,11-13H,5,7-9,18H2,(H,19,20). The molecule has 3 N–H and O–H groups in total. The summed E-state index contributed by atoms with van der Waals surface area (Å²) in [6.45, 7) is 0.315. The van der Waals surface area contributed by atoms with Gasteiger partial charge in [-0.25, -0.2) is 0 Å². The summed E-state index contributed by atoms with van der Waals surface area (Å²) in [6, 6.07) is 5.38. The smallest absolute Gasteiger partial charge is 0.227 e. The van der Waals surface area contributed by atoms with Crippen LogP contribution in [0.3, 0.4) is 0 Å². The Hall–Kier alpha value is -1.50. The van der Waals surface area contributed by atoms with E-state index in [2.05, 4.69) is 17.2 Å². The summed E-state index contributed by atoms with van der Waals surface area (Å²) in [5.41, 5.74) is 6.80. The minimum Gasteiger partial charge on any atom is -0.324 e. The Kier molecular flexibility index (Phi) is 3.69. The van der Waals surface area contributed by atoms with E-state index < -0.39 is 0 Å². The summed E-state index contributed by atoms with van der Waals surface area (Å²) >= 11 is 6.13. The lowest BCUT2D eigenvalue weighted by Crippen LogP contribution is -2.21. The third-order valence-corrected chi connectivity index (χ3v) is 4.50. The second-order valence-corrected chi connectivity index (χ2v) is 6.02. The van der Waals surface area contributed by atoms with E-state index in [0.717, 1.165) is 30.2 Å². The van der Waals surface area contributed by atoms with E-state index in [1.165, 1.54) is 6.42 Å². The summed E-state index contributed by atoms with van der Waals surface area (Å²) in [4.78, 5) is 12.2. The molecule has 4 heteroatoms. The molecule has 2 fully saturated rings. The highest BCUT2D eigenvalue weighted by molar-refractivity contribution is 6.33. The van der Waals surface area contributed by atoms with E-state index in [1.54, 1.807) is 12.1 Å². The summed E-state index contributed by atoms with van der Waals surface area (Å²) in [7, 11) is 0. The second-order valence-electron chi connectivity index (χ2n) is 5.61. The number of carbonyl (C=O) groups is 1. The topological polar surface area (TPSA) is 55.1 Å². The Morgan fingerprint density at radius 2 is 2.10 bits per heavy atom. The van der Waals surface area contributed by atoms with Crippen molar-refractivity contribution in [2.24, 2.45) is 23.5 Å². The van der Waals surface area contributed by atoms with Gasteiger partial charge in [-0.1, -0.05) is 23.4 Å². The molecule has 1 amide bonds. The van der Waals surface area contributed by atoms with Gasteiger partial charge in [0, 0.05) is 11.5 Å². The number of hydrogen-bond donors (Lipinski definition) is 2. The summed E-state index contributed by atoms with van der Waals surface area (Å²) in [5.74, 6) is 7.56. The van der Waals surface area contributed by atoms with Crippen molar-refractivity contribution in [2.45, 2.75) is 19.3 Å². The highest BCUT2D eigenvalue weighted by Crippen LogP contribution is 2.54. The quantitative estimate of drug-likeness (QED) is 0.822. The van der Waals surface area contributed by atoms with E-state index in [9.17, 15) is 4.79 Å². The molecule has 0 spiro atoms. The van der Waals surface area contributed by atoms with E-state index in [1.807, 2.05) is 6.07 Å². The van der Waals surface area contributed by atoms with E-state index >= 15 is 0 Å². The third-order valence-electron chi connectivity index (χ3n) is 4.17. The molecule has 20 heavy (non-hydrogen) atoms. The van der Waals surface area contributed by atoms with Crippen molar-refractivity contribution >= 4 is 23.2 Å². The maximum atomic E-state index is 12.2. The number of rotatable bonds is 2. The van der Waals surface area contributed by atoms with Gasteiger partial charge in [-0.3, -0.25) is 4.79 Å². The number of halogens is 1. The zero-order chi connectivity index (χ0) is 14.1. The van der Waals surface area contributed by atoms with Crippen LogP contribution in [0.15, 0.2) is 18.2 Å². The van der Waals surface area contributed by atoms with Crippen LogP contribution in [0.4, 0.5) is 5.69 Å². The van der Waals surface area contributed by atoms with Gasteiger partial charge in [-0.15, -0.1) is 0 Å². The largest absolute Gasteiger partial charge is 0.324 e. The summed E-state index contributed by atoms with van der Waals surface area (Å²) < 4.78 is 0. The highest BCUT2D eigenvalue weighted by atomic mass is 35.5. The first-order chi connectivity index (χ1) is 9.67. The molecule has 2 atom stereocenters. The summed E-state index contributed by atoms with van der Waals surface area (Å²) in [6.07, 6.45) is 3.37. The van der Waals surface area contributed by atoms with Crippen molar-refractivity contribution < 1.29 is 4.79 Å². The van der Waals surface area contributed by atoms with Crippen LogP contribution in [0.2, 0.25) is 5.02 Å². The van der Waals surface area contributed by atoms with E-state index in [4.69, 9.17) is 17.3 Å². The molecule has 0 aromatic heterocycles. The predicted octanol–water partition coefficient (Wildman–Crippen LogP) is 2.63. The van der Waals surface area contributed by atoms with Gasteiger partial charge in [0.2, 0.25) is 5.91 Å². The monoisotopic (exact) mass is 288 g/mol. The van der Waals surface area contributed by atoms with Crippen molar-refractivity contribution in [3.8, 4) is 11.8 Å². The Balaban J connectivity index is 1.70. The van der Waals surface area contributed by atoms with E-state index in [0.29, 0.717) is 17.3 Å². The van der Waals surface area contributed by atoms with Crippen molar-refractivity contribution in [1.82, 2.24) is 0 Å². The Labute approximate surface area is 123 Å². The SMILES string of the molecule is NCC#Cc1ccc(Cl)c(NC(=O)C2CC3CC3C2)c1. The van der Waals surface area contributed by atoms with Gasteiger partial charge >= 0.3 is 0 Å². The Morgan fingerprint density at radius 3 is 2.80 bits per heavy atom. The lowest BCUT2D eigenvalue weighted by Gasteiger charge is -2.13. The first-order valence-corrected chi connectivity index (χ1v) is 7.34. The van der Waals surface area contributed by atoms with Crippen LogP contribution in [-0.4, -0.2) is 12.5 Å². The zero-order valence-corrected chi connectivity index (χ0v) is 11.9. The third kappa shape index (κ3) is 2.82. The van der Waals surface area contributed by atoms with Crippen LogP contribution in [-0.2, 0) is 4.79 Å². The minimum atomic E-state index is 0.0861. The number of hydrogen-bond acceptors (Lipinski definition) is 2. The molecular weight excluding hydrogens is 272 g/mol. The number of carbonyl (C=O) groups excluding carboxylic acids is 1. The first-order valence-electron chi connectivity index (χ1n) is 6.96. The minimum absolute atomic E-state index is 0.0861. The predicted molar refractivity (Wildman–Crippen MR) is 80.3 cm³/mol. The molecule has 0 saturated heterocycles. The number of anilines is 1. The van der Waals surface area contributed by atoms with Gasteiger partial charge in [0.05, 0.1) is 17.3 Å². The van der Waals surface area contributed by atoms with Crippen molar-refractivity contribution in [3.63, 3.8) is 0 Å². The number of fused-ring (bicyclic) bond motifs is 1. The van der Waals surface area contributed by atoms with Gasteiger partial charge in [0.1, 0.15) is 0 Å². The molecule has 0 bridgehead atoms. The van der Waals surface area contributed by atoms with Crippen LogP contribution in [0.5, 0.6) is 0 Å². The number of benzene rings is 1. The molecule has 0 heterocycles. The lowest BCUT2D eigenvalue weighted by atomic mass is 10.0. The molecule has 2 saturated carbocycles. The fraction of sp³-hybridized carbons (Fsp3) is 0.438. The van der Waals surface area contributed by atoms with Gasteiger partial charge in [-0.05, 0) is 49.3 Å². The normalized spacial score (nSPS) is 26.4. The number of nitrogens with two attached hydrogens (primary N) is 1. The molecule has 1 aromatic rings. The average molecular weight is 289 g/mol. The van der Waals surface area contributed by atoms with Crippen LogP contribution < -0.4 is 11.1 Å². The van der Waals surface area contributed by atoms with Crippen molar-refractivity contribution in [3.05, 3.63) is 28.8 Å². The molecule has 104 valence electrons. The maximum absolute atomic E-state index is 12.2. The number of nitrogens with one attached hydrogen (secondary N) is 1. The van der Waals surface area contributed by atoms with Crippen LogP contribution >= 0.6 is 11.6 Å². The lowest BCUT2D eigenvalue weighted by molar-refractivity contribution is -0.120. The molecule has 3 nitrogen and oxygen atoms in total. The Morgan fingerprint density at radius 1 is 1.35 bits per heavy atom. The van der Waals surface area contributed by atoms with Gasteiger partial charge < -0.3 is 11.1 Å².